The number of rotatable bonds is 4. The molecule has 78 valence electrons. The second kappa shape index (κ2) is 5.61. The summed E-state index contributed by atoms with van der Waals surface area (Å²) in [7, 11) is 0. The lowest BCUT2D eigenvalue weighted by Gasteiger charge is -2.30. The van der Waals surface area contributed by atoms with Gasteiger partial charge in [-0.2, -0.15) is 0 Å². The second-order valence-electron chi connectivity index (χ2n) is 4.45. The molecule has 1 saturated heterocycles. The Morgan fingerprint density at radius 3 is 2.92 bits per heavy atom. The molecule has 3 unspecified atom stereocenters. The van der Waals surface area contributed by atoms with E-state index >= 15 is 0 Å². The quantitative estimate of drug-likeness (QED) is 0.700. The Bertz CT molecular complexity index is 138. The van der Waals surface area contributed by atoms with Crippen LogP contribution in [0.3, 0.4) is 0 Å². The highest BCUT2D eigenvalue weighted by Crippen LogP contribution is 2.22. The first-order chi connectivity index (χ1) is 6.24. The lowest BCUT2D eigenvalue weighted by molar-refractivity contribution is 0.0658. The summed E-state index contributed by atoms with van der Waals surface area (Å²) in [5, 5.41) is 13.1. The van der Waals surface area contributed by atoms with Crippen LogP contribution in [0.15, 0.2) is 0 Å². The third-order valence-corrected chi connectivity index (χ3v) is 3.05. The number of aliphatic hydroxyl groups is 1. The fourth-order valence-corrected chi connectivity index (χ4v) is 2.28. The highest BCUT2D eigenvalue weighted by molar-refractivity contribution is 4.78. The van der Waals surface area contributed by atoms with E-state index in [1.54, 1.807) is 0 Å². The molecule has 1 rings (SSSR count). The maximum Gasteiger partial charge on any atom is 0.0592 e. The van der Waals surface area contributed by atoms with E-state index in [1.807, 2.05) is 0 Å². The maximum absolute atomic E-state index is 9.75. The number of nitrogens with one attached hydrogen (secondary N) is 1. The van der Waals surface area contributed by atoms with Crippen LogP contribution in [0, 0.1) is 11.8 Å². The van der Waals surface area contributed by atoms with Crippen LogP contribution < -0.4 is 5.32 Å². The minimum absolute atomic E-state index is 0.0550. The molecule has 0 aliphatic carbocycles. The molecule has 0 aromatic carbocycles. The van der Waals surface area contributed by atoms with E-state index in [9.17, 15) is 5.11 Å². The van der Waals surface area contributed by atoms with E-state index in [0.717, 1.165) is 25.4 Å². The predicted molar refractivity (Wildman–Crippen MR) is 55.7 cm³/mol. The molecule has 13 heavy (non-hydrogen) atoms. The van der Waals surface area contributed by atoms with E-state index in [0.29, 0.717) is 5.92 Å². The first-order valence-electron chi connectivity index (χ1n) is 5.62. The molecule has 2 nitrogen and oxygen atoms in total. The van der Waals surface area contributed by atoms with Gasteiger partial charge in [0.05, 0.1) is 6.10 Å². The molecule has 1 aliphatic heterocycles. The molecule has 0 bridgehead atoms. The third-order valence-electron chi connectivity index (χ3n) is 3.05. The third kappa shape index (κ3) is 3.65. The zero-order valence-electron chi connectivity index (χ0n) is 8.92. The topological polar surface area (TPSA) is 32.3 Å². The Labute approximate surface area is 81.7 Å². The molecular weight excluding hydrogens is 162 g/mol. The van der Waals surface area contributed by atoms with Crippen molar-refractivity contribution in [2.45, 2.75) is 45.6 Å². The van der Waals surface area contributed by atoms with Crippen molar-refractivity contribution in [3.05, 3.63) is 0 Å². The number of piperidine rings is 1. The van der Waals surface area contributed by atoms with E-state index in [-0.39, 0.29) is 6.10 Å². The summed E-state index contributed by atoms with van der Waals surface area (Å²) >= 11 is 0. The van der Waals surface area contributed by atoms with Gasteiger partial charge in [0.15, 0.2) is 0 Å². The van der Waals surface area contributed by atoms with Crippen molar-refractivity contribution in [3.63, 3.8) is 0 Å². The minimum atomic E-state index is -0.0550. The molecule has 1 aliphatic rings. The predicted octanol–water partition coefficient (Wildman–Crippen LogP) is 1.78. The molecule has 0 spiro atoms. The van der Waals surface area contributed by atoms with Crippen molar-refractivity contribution in [1.82, 2.24) is 5.32 Å². The van der Waals surface area contributed by atoms with Crippen LogP contribution in [-0.4, -0.2) is 24.3 Å². The molecule has 0 radical (unpaired) electrons. The van der Waals surface area contributed by atoms with Gasteiger partial charge in [-0.3, -0.25) is 0 Å². The molecule has 1 fully saturated rings. The summed E-state index contributed by atoms with van der Waals surface area (Å²) in [5.41, 5.74) is 0. The highest BCUT2D eigenvalue weighted by atomic mass is 16.3. The van der Waals surface area contributed by atoms with Crippen LogP contribution in [-0.2, 0) is 0 Å². The summed E-state index contributed by atoms with van der Waals surface area (Å²) in [6.07, 6.45) is 4.62. The molecule has 2 heteroatoms. The summed E-state index contributed by atoms with van der Waals surface area (Å²) in [5.74, 6) is 1.26. The van der Waals surface area contributed by atoms with Crippen molar-refractivity contribution in [2.75, 3.05) is 13.1 Å². The summed E-state index contributed by atoms with van der Waals surface area (Å²) < 4.78 is 0. The van der Waals surface area contributed by atoms with Crippen LogP contribution in [0.4, 0.5) is 0 Å². The second-order valence-corrected chi connectivity index (χ2v) is 4.45. The minimum Gasteiger partial charge on any atom is -0.393 e. The zero-order chi connectivity index (χ0) is 9.68. The highest BCUT2D eigenvalue weighted by Gasteiger charge is 2.23. The van der Waals surface area contributed by atoms with Gasteiger partial charge in [-0.15, -0.1) is 0 Å². The molecule has 0 amide bonds. The van der Waals surface area contributed by atoms with Gasteiger partial charge >= 0.3 is 0 Å². The van der Waals surface area contributed by atoms with Gasteiger partial charge in [0.2, 0.25) is 0 Å². The number of hydrogen-bond acceptors (Lipinski definition) is 2. The zero-order valence-corrected chi connectivity index (χ0v) is 8.92. The van der Waals surface area contributed by atoms with Crippen molar-refractivity contribution in [3.8, 4) is 0 Å². The monoisotopic (exact) mass is 185 g/mol. The van der Waals surface area contributed by atoms with Gasteiger partial charge in [-0.1, -0.05) is 26.7 Å². The largest absolute Gasteiger partial charge is 0.393 e. The van der Waals surface area contributed by atoms with Gasteiger partial charge in [-0.05, 0) is 31.2 Å². The van der Waals surface area contributed by atoms with Crippen LogP contribution >= 0.6 is 0 Å². The van der Waals surface area contributed by atoms with Gasteiger partial charge in [0, 0.05) is 6.54 Å². The Morgan fingerprint density at radius 2 is 2.31 bits per heavy atom. The molecule has 1 heterocycles. The number of hydrogen-bond donors (Lipinski definition) is 2. The molecular formula is C11H23NO. The van der Waals surface area contributed by atoms with Gasteiger partial charge < -0.3 is 10.4 Å². The van der Waals surface area contributed by atoms with Crippen LogP contribution in [0.25, 0.3) is 0 Å². The lowest BCUT2D eigenvalue weighted by atomic mass is 9.86. The fourth-order valence-electron chi connectivity index (χ4n) is 2.28. The fraction of sp³-hybridized carbons (Fsp3) is 1.00. The van der Waals surface area contributed by atoms with Crippen molar-refractivity contribution < 1.29 is 5.11 Å². The van der Waals surface area contributed by atoms with Gasteiger partial charge in [0.1, 0.15) is 0 Å². The molecule has 3 atom stereocenters. The summed E-state index contributed by atoms with van der Waals surface area (Å²) in [4.78, 5) is 0. The molecule has 0 saturated carbocycles. The smallest absolute Gasteiger partial charge is 0.0592 e. The average molecular weight is 185 g/mol. The van der Waals surface area contributed by atoms with Gasteiger partial charge in [0.25, 0.3) is 0 Å². The average Bonchev–Trinajstić information content (AvgIpc) is 2.09. The van der Waals surface area contributed by atoms with Crippen molar-refractivity contribution in [1.29, 1.82) is 0 Å². The normalized spacial score (nSPS) is 31.6. The van der Waals surface area contributed by atoms with E-state index in [1.165, 1.54) is 19.3 Å². The maximum atomic E-state index is 9.75. The van der Waals surface area contributed by atoms with Gasteiger partial charge in [-0.25, -0.2) is 0 Å². The number of aliphatic hydroxyl groups excluding tert-OH is 1. The standard InChI is InChI=1S/C11H23NO/c1-3-4-9(2)7-10-8-12-6-5-11(10)13/h9-13H,3-8H2,1-2H3. The van der Waals surface area contributed by atoms with Crippen LogP contribution in [0.1, 0.15) is 39.5 Å². The van der Waals surface area contributed by atoms with E-state index in [4.69, 9.17) is 0 Å². The summed E-state index contributed by atoms with van der Waals surface area (Å²) in [6, 6.07) is 0. The Morgan fingerprint density at radius 1 is 1.54 bits per heavy atom. The molecule has 0 aromatic heterocycles. The summed E-state index contributed by atoms with van der Waals surface area (Å²) in [6.45, 7) is 6.52. The van der Waals surface area contributed by atoms with Crippen LogP contribution in [0.2, 0.25) is 0 Å². The Balaban J connectivity index is 2.25. The van der Waals surface area contributed by atoms with E-state index < -0.39 is 0 Å². The first kappa shape index (κ1) is 11.0. The molecule has 2 N–H and O–H groups in total. The lowest BCUT2D eigenvalue weighted by Crippen LogP contribution is -2.40. The van der Waals surface area contributed by atoms with Crippen molar-refractivity contribution >= 4 is 0 Å². The van der Waals surface area contributed by atoms with Crippen LogP contribution in [0.5, 0.6) is 0 Å². The first-order valence-corrected chi connectivity index (χ1v) is 5.62. The Kier molecular flexibility index (Phi) is 4.74. The Hall–Kier alpha value is -0.0800. The molecule has 0 aromatic rings. The SMILES string of the molecule is CCCC(C)CC1CNCCC1O. The van der Waals surface area contributed by atoms with E-state index in [2.05, 4.69) is 19.2 Å². The van der Waals surface area contributed by atoms with Crippen molar-refractivity contribution in [2.24, 2.45) is 11.8 Å².